The van der Waals surface area contributed by atoms with Crippen LogP contribution in [-0.4, -0.2) is 60.5 Å². The van der Waals surface area contributed by atoms with Gasteiger partial charge in [0.25, 0.3) is 5.91 Å². The molecule has 1 amide bonds. The molecule has 1 atom stereocenters. The number of rotatable bonds is 3. The molecule has 152 valence electrons. The number of alkyl halides is 3. The van der Waals surface area contributed by atoms with E-state index in [1.54, 1.807) is 23.8 Å². The quantitative estimate of drug-likeness (QED) is 0.766. The summed E-state index contributed by atoms with van der Waals surface area (Å²) in [7, 11) is 1.76. The summed E-state index contributed by atoms with van der Waals surface area (Å²) in [6.45, 7) is 3.69. The molecule has 28 heavy (non-hydrogen) atoms. The third-order valence-corrected chi connectivity index (χ3v) is 5.12. The predicted octanol–water partition coefficient (Wildman–Crippen LogP) is 2.58. The van der Waals surface area contributed by atoms with Gasteiger partial charge in [0.05, 0.1) is 24.8 Å². The highest BCUT2D eigenvalue weighted by Gasteiger charge is 2.35. The van der Waals surface area contributed by atoms with Gasteiger partial charge in [0.2, 0.25) is 0 Å². The van der Waals surface area contributed by atoms with Crippen molar-refractivity contribution in [3.63, 3.8) is 0 Å². The topological polar surface area (TPSA) is 54.0 Å². The Bertz CT molecular complexity index is 790. The maximum atomic E-state index is 13.2. The summed E-state index contributed by atoms with van der Waals surface area (Å²) >= 11 is 5.34. The van der Waals surface area contributed by atoms with Gasteiger partial charge in [0.15, 0.2) is 5.11 Å². The van der Waals surface area contributed by atoms with Crippen molar-refractivity contribution >= 4 is 23.2 Å². The van der Waals surface area contributed by atoms with Crippen LogP contribution in [0.15, 0.2) is 35.5 Å². The zero-order chi connectivity index (χ0) is 20.5. The largest absolute Gasteiger partial charge is 0.573 e. The average molecular weight is 415 g/mol. The van der Waals surface area contributed by atoms with E-state index >= 15 is 0 Å². The van der Waals surface area contributed by atoms with Gasteiger partial charge in [0.1, 0.15) is 5.75 Å². The van der Waals surface area contributed by atoms with Crippen molar-refractivity contribution in [2.75, 3.05) is 33.4 Å². The molecule has 0 spiro atoms. The van der Waals surface area contributed by atoms with Crippen molar-refractivity contribution < 1.29 is 27.4 Å². The minimum absolute atomic E-state index is 0.150. The molecule has 3 rings (SSSR count). The van der Waals surface area contributed by atoms with E-state index in [0.29, 0.717) is 48.2 Å². The summed E-state index contributed by atoms with van der Waals surface area (Å²) in [5, 5.41) is 3.54. The lowest BCUT2D eigenvalue weighted by Crippen LogP contribution is -2.50. The third-order valence-electron chi connectivity index (χ3n) is 4.73. The Balaban J connectivity index is 1.92. The molecule has 1 fully saturated rings. The van der Waals surface area contributed by atoms with Gasteiger partial charge in [-0.3, -0.25) is 4.79 Å². The minimum Gasteiger partial charge on any atom is -0.406 e. The second kappa shape index (κ2) is 7.96. The second-order valence-corrected chi connectivity index (χ2v) is 6.85. The lowest BCUT2D eigenvalue weighted by Gasteiger charge is -2.38. The van der Waals surface area contributed by atoms with Crippen molar-refractivity contribution in [1.82, 2.24) is 15.1 Å². The van der Waals surface area contributed by atoms with Crippen molar-refractivity contribution in [2.45, 2.75) is 19.3 Å². The number of halogens is 3. The van der Waals surface area contributed by atoms with Crippen LogP contribution in [0, 0.1) is 0 Å². The van der Waals surface area contributed by atoms with E-state index in [4.69, 9.17) is 17.0 Å². The summed E-state index contributed by atoms with van der Waals surface area (Å²) in [5.74, 6) is -0.475. The first-order chi connectivity index (χ1) is 13.2. The molecule has 0 aromatic heterocycles. The lowest BCUT2D eigenvalue weighted by molar-refractivity contribution is -0.274. The number of ether oxygens (including phenoxy) is 2. The molecule has 10 heteroatoms. The number of hydrogen-bond acceptors (Lipinski definition) is 4. The average Bonchev–Trinajstić information content (AvgIpc) is 2.65. The normalized spacial score (nSPS) is 20.9. The number of morpholine rings is 1. The van der Waals surface area contributed by atoms with E-state index in [9.17, 15) is 18.0 Å². The molecule has 1 saturated heterocycles. The van der Waals surface area contributed by atoms with Crippen LogP contribution in [0.1, 0.15) is 18.5 Å². The van der Waals surface area contributed by atoms with E-state index in [0.717, 1.165) is 0 Å². The molecule has 0 radical (unpaired) electrons. The van der Waals surface area contributed by atoms with Crippen LogP contribution in [0.5, 0.6) is 5.75 Å². The molecule has 1 unspecified atom stereocenters. The first-order valence-corrected chi connectivity index (χ1v) is 9.06. The summed E-state index contributed by atoms with van der Waals surface area (Å²) in [4.78, 5) is 16.6. The molecule has 2 aliphatic rings. The van der Waals surface area contributed by atoms with Crippen molar-refractivity contribution in [1.29, 1.82) is 0 Å². The van der Waals surface area contributed by atoms with E-state index in [2.05, 4.69) is 10.1 Å². The Morgan fingerprint density at radius 2 is 1.86 bits per heavy atom. The highest BCUT2D eigenvalue weighted by atomic mass is 32.1. The monoisotopic (exact) mass is 415 g/mol. The van der Waals surface area contributed by atoms with Gasteiger partial charge >= 0.3 is 6.36 Å². The first-order valence-electron chi connectivity index (χ1n) is 8.65. The van der Waals surface area contributed by atoms with Gasteiger partial charge in [0, 0.05) is 25.8 Å². The molecule has 2 aliphatic heterocycles. The van der Waals surface area contributed by atoms with Crippen LogP contribution in [0.3, 0.4) is 0 Å². The summed E-state index contributed by atoms with van der Waals surface area (Å²) < 4.78 is 46.4. The van der Waals surface area contributed by atoms with Crippen molar-refractivity contribution in [2.24, 2.45) is 0 Å². The Labute approximate surface area is 165 Å². The number of benzene rings is 1. The van der Waals surface area contributed by atoms with Crippen molar-refractivity contribution in [3.8, 4) is 5.75 Å². The maximum Gasteiger partial charge on any atom is 0.573 e. The number of thiocarbonyl (C=S) groups is 1. The smallest absolute Gasteiger partial charge is 0.406 e. The molecule has 1 aromatic carbocycles. The molecule has 0 aliphatic carbocycles. The highest BCUT2D eigenvalue weighted by molar-refractivity contribution is 7.80. The van der Waals surface area contributed by atoms with Crippen LogP contribution in [0.25, 0.3) is 0 Å². The van der Waals surface area contributed by atoms with Crippen LogP contribution in [0.4, 0.5) is 13.2 Å². The van der Waals surface area contributed by atoms with E-state index in [1.165, 1.54) is 24.3 Å². The zero-order valence-electron chi connectivity index (χ0n) is 15.4. The molecule has 2 heterocycles. The summed E-state index contributed by atoms with van der Waals surface area (Å²) in [6.07, 6.45) is -4.76. The number of nitrogens with one attached hydrogen (secondary N) is 1. The van der Waals surface area contributed by atoms with Gasteiger partial charge in [-0.1, -0.05) is 12.1 Å². The Morgan fingerprint density at radius 1 is 1.25 bits per heavy atom. The first kappa shape index (κ1) is 20.4. The zero-order valence-corrected chi connectivity index (χ0v) is 16.2. The van der Waals surface area contributed by atoms with Gasteiger partial charge in [-0.15, -0.1) is 13.2 Å². The number of nitrogens with zero attached hydrogens (tertiary/aromatic N) is 2. The van der Waals surface area contributed by atoms with Gasteiger partial charge in [-0.2, -0.15) is 0 Å². The Kier molecular flexibility index (Phi) is 5.80. The third kappa shape index (κ3) is 4.39. The fourth-order valence-corrected chi connectivity index (χ4v) is 3.42. The number of amides is 1. The second-order valence-electron chi connectivity index (χ2n) is 6.46. The molecule has 1 aromatic rings. The van der Waals surface area contributed by atoms with Crippen molar-refractivity contribution in [3.05, 3.63) is 41.1 Å². The lowest BCUT2D eigenvalue weighted by atomic mass is 9.94. The van der Waals surface area contributed by atoms with Gasteiger partial charge < -0.3 is 24.6 Å². The SMILES string of the molecule is CC1=C(C(=O)N2CCOCC2)C(c2ccc(OC(F)(F)F)cc2)NC(=S)N1C. The molecule has 1 N–H and O–H groups in total. The van der Waals surface area contributed by atoms with Crippen LogP contribution in [-0.2, 0) is 9.53 Å². The summed E-state index contributed by atoms with van der Waals surface area (Å²) in [6, 6.07) is 4.86. The highest BCUT2D eigenvalue weighted by Crippen LogP contribution is 2.33. The fraction of sp³-hybridized carbons (Fsp3) is 0.444. The molecular weight excluding hydrogens is 395 g/mol. The molecule has 0 saturated carbocycles. The Hall–Kier alpha value is -2.33. The fourth-order valence-electron chi connectivity index (χ4n) is 3.16. The van der Waals surface area contributed by atoms with Gasteiger partial charge in [-0.05, 0) is 36.8 Å². The molecule has 6 nitrogen and oxygen atoms in total. The van der Waals surface area contributed by atoms with Crippen LogP contribution < -0.4 is 10.1 Å². The maximum absolute atomic E-state index is 13.2. The minimum atomic E-state index is -4.76. The van der Waals surface area contributed by atoms with Crippen LogP contribution >= 0.6 is 12.2 Å². The number of carbonyl (C=O) groups is 1. The predicted molar refractivity (Wildman–Crippen MR) is 99.5 cm³/mol. The summed E-state index contributed by atoms with van der Waals surface area (Å²) in [5.41, 5.74) is 1.81. The van der Waals surface area contributed by atoms with E-state index < -0.39 is 12.4 Å². The van der Waals surface area contributed by atoms with Gasteiger partial charge in [-0.25, -0.2) is 0 Å². The van der Waals surface area contributed by atoms with Crippen LogP contribution in [0.2, 0.25) is 0 Å². The van der Waals surface area contributed by atoms with E-state index in [1.807, 2.05) is 0 Å². The number of allylic oxidation sites excluding steroid dienone is 1. The standard InChI is InChI=1S/C18H20F3N3O3S/c1-11-14(16(25)24-7-9-26-10-8-24)15(22-17(28)23(11)2)12-3-5-13(6-4-12)27-18(19,20)21/h3-6,15H,7-10H2,1-2H3,(H,22,28). The van der Waals surface area contributed by atoms with E-state index in [-0.39, 0.29) is 11.7 Å². The number of hydrogen-bond donors (Lipinski definition) is 1. The Morgan fingerprint density at radius 3 is 2.43 bits per heavy atom. The molecule has 0 bridgehead atoms. The molecular formula is C18H20F3N3O3S. The number of carbonyl (C=O) groups excluding carboxylic acids is 1.